The molecule has 0 radical (unpaired) electrons. The van der Waals surface area contributed by atoms with E-state index < -0.39 is 10.0 Å². The summed E-state index contributed by atoms with van der Waals surface area (Å²) in [6.45, 7) is 4.82. The highest BCUT2D eigenvalue weighted by Crippen LogP contribution is 2.28. The largest absolute Gasteiger partial charge is 0.356 e. The summed E-state index contributed by atoms with van der Waals surface area (Å²) in [5.74, 6) is 0.737. The Morgan fingerprint density at radius 2 is 2.22 bits per heavy atom. The van der Waals surface area contributed by atoms with Gasteiger partial charge < -0.3 is 9.84 Å². The number of nitrogens with one attached hydrogen (secondary N) is 1. The molecule has 1 fully saturated rings. The lowest BCUT2D eigenvalue weighted by atomic mass is 9.99. The van der Waals surface area contributed by atoms with Gasteiger partial charge in [0.2, 0.25) is 11.8 Å². The number of sulfonamides is 1. The van der Waals surface area contributed by atoms with Crippen LogP contribution < -0.4 is 5.32 Å². The van der Waals surface area contributed by atoms with Gasteiger partial charge in [0.25, 0.3) is 10.0 Å². The van der Waals surface area contributed by atoms with Gasteiger partial charge in [0, 0.05) is 30.9 Å². The maximum Gasteiger partial charge on any atom is 0.252 e. The number of piperidine rings is 1. The highest BCUT2D eigenvalue weighted by molar-refractivity contribution is 7.91. The summed E-state index contributed by atoms with van der Waals surface area (Å²) in [7, 11) is -3.52. The predicted molar refractivity (Wildman–Crippen MR) is 101 cm³/mol. The number of carbonyl (C=O) groups excluding carboxylic acids is 1. The number of hydrogen-bond donors (Lipinski definition) is 1. The molecule has 1 atom stereocenters. The first-order chi connectivity index (χ1) is 12.9. The van der Waals surface area contributed by atoms with Crippen molar-refractivity contribution in [1.82, 2.24) is 19.8 Å². The molecule has 1 saturated heterocycles. The van der Waals surface area contributed by atoms with Gasteiger partial charge in [-0.3, -0.25) is 4.79 Å². The van der Waals surface area contributed by atoms with Crippen LogP contribution in [0.25, 0.3) is 0 Å². The lowest BCUT2D eigenvalue weighted by Crippen LogP contribution is -2.45. The number of carbonyl (C=O) groups is 1. The van der Waals surface area contributed by atoms with Gasteiger partial charge in [-0.05, 0) is 45.2 Å². The molecule has 0 bridgehead atoms. The van der Waals surface area contributed by atoms with Gasteiger partial charge in [0.1, 0.15) is 4.21 Å². The Labute approximate surface area is 163 Å². The molecule has 27 heavy (non-hydrogen) atoms. The third-order valence-corrected chi connectivity index (χ3v) is 7.83. The fourth-order valence-corrected chi connectivity index (χ4v) is 6.05. The number of nitrogens with zero attached hydrogens (tertiary/aromatic N) is 3. The molecular weight excluding hydrogens is 388 g/mol. The SMILES string of the molecule is Cc1noc(CCCNC(=O)C2CCCN(S(=O)(=O)c3ccc(C)s3)C2)n1. The number of amides is 1. The Morgan fingerprint density at radius 3 is 2.89 bits per heavy atom. The lowest BCUT2D eigenvalue weighted by molar-refractivity contribution is -0.126. The summed E-state index contributed by atoms with van der Waals surface area (Å²) in [6, 6.07) is 3.44. The summed E-state index contributed by atoms with van der Waals surface area (Å²) in [6.07, 6.45) is 2.67. The number of aromatic nitrogens is 2. The first-order valence-electron chi connectivity index (χ1n) is 9.00. The Bertz CT molecular complexity index is 890. The van der Waals surface area contributed by atoms with Crippen LogP contribution in [0.2, 0.25) is 0 Å². The molecule has 0 aliphatic carbocycles. The van der Waals surface area contributed by atoms with E-state index in [0.717, 1.165) is 4.88 Å². The quantitative estimate of drug-likeness (QED) is 0.696. The first kappa shape index (κ1) is 20.0. The molecule has 2 aromatic rings. The van der Waals surface area contributed by atoms with Crippen molar-refractivity contribution in [2.75, 3.05) is 19.6 Å². The van der Waals surface area contributed by atoms with Crippen molar-refractivity contribution < 1.29 is 17.7 Å². The van der Waals surface area contributed by atoms with Gasteiger partial charge in [0.05, 0.1) is 5.92 Å². The predicted octanol–water partition coefficient (Wildman–Crippen LogP) is 1.90. The van der Waals surface area contributed by atoms with Crippen molar-refractivity contribution in [3.8, 4) is 0 Å². The lowest BCUT2D eigenvalue weighted by Gasteiger charge is -2.30. The second kappa shape index (κ2) is 8.49. The van der Waals surface area contributed by atoms with E-state index in [-0.39, 0.29) is 18.4 Å². The first-order valence-corrected chi connectivity index (χ1v) is 11.3. The van der Waals surface area contributed by atoms with Crippen molar-refractivity contribution in [3.05, 3.63) is 28.7 Å². The monoisotopic (exact) mass is 412 g/mol. The second-order valence-electron chi connectivity index (χ2n) is 6.70. The van der Waals surface area contributed by atoms with Crippen LogP contribution in [0.1, 0.15) is 35.9 Å². The zero-order valence-electron chi connectivity index (χ0n) is 15.5. The van der Waals surface area contributed by atoms with Gasteiger partial charge in [-0.2, -0.15) is 9.29 Å². The molecule has 0 saturated carbocycles. The highest BCUT2D eigenvalue weighted by atomic mass is 32.2. The van der Waals surface area contributed by atoms with Crippen molar-refractivity contribution in [2.24, 2.45) is 5.92 Å². The summed E-state index contributed by atoms with van der Waals surface area (Å²) >= 11 is 1.26. The van der Waals surface area contributed by atoms with Crippen LogP contribution in [-0.4, -0.2) is 48.4 Å². The molecule has 2 aromatic heterocycles. The van der Waals surface area contributed by atoms with Crippen LogP contribution in [0.15, 0.2) is 20.9 Å². The molecule has 0 spiro atoms. The van der Waals surface area contributed by atoms with E-state index in [2.05, 4.69) is 15.5 Å². The van der Waals surface area contributed by atoms with E-state index in [9.17, 15) is 13.2 Å². The van der Waals surface area contributed by atoms with E-state index in [1.54, 1.807) is 19.1 Å². The molecular formula is C17H24N4O4S2. The van der Waals surface area contributed by atoms with Crippen LogP contribution in [-0.2, 0) is 21.2 Å². The van der Waals surface area contributed by atoms with E-state index in [1.165, 1.54) is 15.6 Å². The molecule has 10 heteroatoms. The zero-order chi connectivity index (χ0) is 19.4. The third kappa shape index (κ3) is 4.94. The van der Waals surface area contributed by atoms with Crippen molar-refractivity contribution in [2.45, 2.75) is 43.7 Å². The second-order valence-corrected chi connectivity index (χ2v) is 10.1. The molecule has 148 valence electrons. The zero-order valence-corrected chi connectivity index (χ0v) is 17.1. The van der Waals surface area contributed by atoms with Crippen LogP contribution in [0.4, 0.5) is 0 Å². The Morgan fingerprint density at radius 1 is 1.41 bits per heavy atom. The van der Waals surface area contributed by atoms with Gasteiger partial charge in [-0.25, -0.2) is 8.42 Å². The number of thiophene rings is 1. The fourth-order valence-electron chi connectivity index (χ4n) is 3.09. The van der Waals surface area contributed by atoms with E-state index >= 15 is 0 Å². The van der Waals surface area contributed by atoms with Crippen molar-refractivity contribution in [3.63, 3.8) is 0 Å². The molecule has 1 amide bonds. The number of rotatable bonds is 7. The van der Waals surface area contributed by atoms with Gasteiger partial charge >= 0.3 is 0 Å². The highest BCUT2D eigenvalue weighted by Gasteiger charge is 2.33. The summed E-state index contributed by atoms with van der Waals surface area (Å²) in [4.78, 5) is 17.5. The van der Waals surface area contributed by atoms with Crippen LogP contribution in [0.3, 0.4) is 0 Å². The normalized spacial score (nSPS) is 18.5. The average molecular weight is 413 g/mol. The molecule has 3 rings (SSSR count). The van der Waals surface area contributed by atoms with Gasteiger partial charge in [0.15, 0.2) is 5.82 Å². The minimum absolute atomic E-state index is 0.0982. The van der Waals surface area contributed by atoms with E-state index in [1.807, 2.05) is 6.92 Å². The van der Waals surface area contributed by atoms with Crippen LogP contribution in [0.5, 0.6) is 0 Å². The van der Waals surface area contributed by atoms with Crippen molar-refractivity contribution in [1.29, 1.82) is 0 Å². The molecule has 0 aromatic carbocycles. The average Bonchev–Trinajstić information content (AvgIpc) is 3.27. The van der Waals surface area contributed by atoms with Gasteiger partial charge in [-0.1, -0.05) is 5.16 Å². The number of aryl methyl sites for hydroxylation is 3. The van der Waals surface area contributed by atoms with E-state index in [4.69, 9.17) is 4.52 Å². The summed E-state index contributed by atoms with van der Waals surface area (Å²) < 4.78 is 32.4. The van der Waals surface area contributed by atoms with Crippen LogP contribution >= 0.6 is 11.3 Å². The summed E-state index contributed by atoms with van der Waals surface area (Å²) in [5, 5.41) is 6.62. The topological polar surface area (TPSA) is 105 Å². The minimum Gasteiger partial charge on any atom is -0.356 e. The molecule has 1 aliphatic heterocycles. The molecule has 1 unspecified atom stereocenters. The van der Waals surface area contributed by atoms with E-state index in [0.29, 0.717) is 54.7 Å². The Hall–Kier alpha value is -1.78. The minimum atomic E-state index is -3.52. The number of hydrogen-bond acceptors (Lipinski definition) is 7. The molecule has 8 nitrogen and oxygen atoms in total. The Kier molecular flexibility index (Phi) is 6.28. The summed E-state index contributed by atoms with van der Waals surface area (Å²) in [5.41, 5.74) is 0. The third-order valence-electron chi connectivity index (χ3n) is 4.50. The van der Waals surface area contributed by atoms with Gasteiger partial charge in [-0.15, -0.1) is 11.3 Å². The maximum absolute atomic E-state index is 12.8. The maximum atomic E-state index is 12.8. The standard InChI is InChI=1S/C17H24N4O4S2/c1-12-7-8-16(26-12)27(23,24)21-10-4-5-14(11-21)17(22)18-9-3-6-15-19-13(2)20-25-15/h7-8,14H,3-6,9-11H2,1-2H3,(H,18,22). The molecule has 1 N–H and O–H groups in total. The Balaban J connectivity index is 1.50. The molecule has 1 aliphatic rings. The fraction of sp³-hybridized carbons (Fsp3) is 0.588. The van der Waals surface area contributed by atoms with Crippen LogP contribution in [0, 0.1) is 19.8 Å². The smallest absolute Gasteiger partial charge is 0.252 e. The van der Waals surface area contributed by atoms with Crippen molar-refractivity contribution >= 4 is 27.3 Å². The molecule has 3 heterocycles.